The molecule has 0 N–H and O–H groups in total. The molecule has 0 spiro atoms. The topological polar surface area (TPSA) is 69.4 Å². The van der Waals surface area contributed by atoms with Gasteiger partial charge in [-0.2, -0.15) is 0 Å². The third kappa shape index (κ3) is 3.24. The summed E-state index contributed by atoms with van der Waals surface area (Å²) < 4.78 is 30.8. The number of carbonyl (C=O) groups is 1. The van der Waals surface area contributed by atoms with E-state index in [1.807, 2.05) is 0 Å². The van der Waals surface area contributed by atoms with Crippen molar-refractivity contribution < 1.29 is 23.2 Å². The van der Waals surface area contributed by atoms with Crippen LogP contribution >= 0.6 is 0 Å². The molecule has 1 aliphatic rings. The number of esters is 1. The summed E-state index contributed by atoms with van der Waals surface area (Å²) >= 11 is 0. The Hall–Kier alpha value is -2.05. The van der Waals surface area contributed by atoms with Gasteiger partial charge in [0.1, 0.15) is 5.56 Å². The lowest BCUT2D eigenvalue weighted by Gasteiger charge is -2.05. The van der Waals surface area contributed by atoms with Crippen molar-refractivity contribution in [3.63, 3.8) is 0 Å². The van der Waals surface area contributed by atoms with Crippen LogP contribution in [0.4, 0.5) is 14.5 Å². The summed E-state index contributed by atoms with van der Waals surface area (Å²) in [5.74, 6) is -3.17. The fourth-order valence-corrected chi connectivity index (χ4v) is 1.65. The molecule has 2 rings (SSSR count). The van der Waals surface area contributed by atoms with Gasteiger partial charge >= 0.3 is 5.97 Å². The van der Waals surface area contributed by atoms with Gasteiger partial charge in [0.15, 0.2) is 11.6 Å². The number of nitro groups is 1. The quantitative estimate of drug-likeness (QED) is 0.469. The van der Waals surface area contributed by atoms with Crippen LogP contribution in [0.5, 0.6) is 0 Å². The molecule has 7 heteroatoms. The number of carbonyl (C=O) groups excluding carboxylic acids is 1. The minimum absolute atomic E-state index is 0.125. The van der Waals surface area contributed by atoms with Gasteiger partial charge in [0.25, 0.3) is 5.69 Å². The highest BCUT2D eigenvalue weighted by Gasteiger charge is 2.26. The maximum Gasteiger partial charge on any atom is 0.345 e. The van der Waals surface area contributed by atoms with E-state index in [0.29, 0.717) is 24.5 Å². The van der Waals surface area contributed by atoms with Crippen LogP contribution in [-0.2, 0) is 4.74 Å². The molecule has 1 saturated carbocycles. The van der Waals surface area contributed by atoms with Gasteiger partial charge < -0.3 is 4.74 Å². The molecule has 1 aromatic carbocycles. The van der Waals surface area contributed by atoms with Crippen LogP contribution in [-0.4, -0.2) is 17.5 Å². The fourth-order valence-electron chi connectivity index (χ4n) is 1.65. The summed E-state index contributed by atoms with van der Waals surface area (Å²) in [4.78, 5) is 21.4. The minimum atomic E-state index is -1.37. The number of hydrogen-bond acceptors (Lipinski definition) is 4. The first-order chi connectivity index (χ1) is 8.99. The predicted molar refractivity (Wildman–Crippen MR) is 60.6 cm³/mol. The molecule has 0 unspecified atom stereocenters. The van der Waals surface area contributed by atoms with Gasteiger partial charge in [0.05, 0.1) is 17.6 Å². The van der Waals surface area contributed by atoms with E-state index in [1.54, 1.807) is 0 Å². The van der Waals surface area contributed by atoms with Crippen molar-refractivity contribution in [3.05, 3.63) is 39.4 Å². The highest BCUT2D eigenvalue weighted by molar-refractivity contribution is 5.93. The molecule has 0 atom stereocenters. The molecule has 0 aliphatic heterocycles. The van der Waals surface area contributed by atoms with E-state index in [1.165, 1.54) is 0 Å². The van der Waals surface area contributed by atoms with E-state index in [4.69, 9.17) is 4.74 Å². The highest BCUT2D eigenvalue weighted by Crippen LogP contribution is 2.32. The Morgan fingerprint density at radius 1 is 1.37 bits per heavy atom. The summed E-state index contributed by atoms with van der Waals surface area (Å²) in [5, 5.41) is 10.7. The van der Waals surface area contributed by atoms with Gasteiger partial charge in [0, 0.05) is 0 Å². The Morgan fingerprint density at radius 3 is 2.58 bits per heavy atom. The number of ether oxygens (including phenoxy) is 1. The van der Waals surface area contributed by atoms with Crippen LogP contribution < -0.4 is 0 Å². The number of benzene rings is 1. The normalized spacial score (nSPS) is 14.2. The van der Waals surface area contributed by atoms with E-state index in [9.17, 15) is 23.7 Å². The molecule has 19 heavy (non-hydrogen) atoms. The SMILES string of the molecule is O=C(OCCC1CC1)c1cc(F)c(F)cc1[N+](=O)[O-]. The molecule has 0 aromatic heterocycles. The lowest BCUT2D eigenvalue weighted by Crippen LogP contribution is -2.10. The van der Waals surface area contributed by atoms with Crippen molar-refractivity contribution in [1.82, 2.24) is 0 Å². The third-order valence-corrected chi connectivity index (χ3v) is 2.91. The van der Waals surface area contributed by atoms with Crippen LogP contribution in [0, 0.1) is 27.7 Å². The van der Waals surface area contributed by atoms with Gasteiger partial charge in [-0.05, 0) is 18.4 Å². The van der Waals surface area contributed by atoms with Gasteiger partial charge in [-0.15, -0.1) is 0 Å². The van der Waals surface area contributed by atoms with Crippen LogP contribution in [0.15, 0.2) is 12.1 Å². The third-order valence-electron chi connectivity index (χ3n) is 2.91. The zero-order valence-corrected chi connectivity index (χ0v) is 9.90. The second-order valence-electron chi connectivity index (χ2n) is 4.41. The summed E-state index contributed by atoms with van der Waals surface area (Å²) in [5.41, 5.74) is -1.37. The number of halogens is 2. The Bertz CT molecular complexity index is 529. The smallest absolute Gasteiger partial charge is 0.345 e. The Morgan fingerprint density at radius 2 is 2.00 bits per heavy atom. The summed E-state index contributed by atoms with van der Waals surface area (Å²) in [6.45, 7) is 0.125. The van der Waals surface area contributed by atoms with Gasteiger partial charge in [-0.25, -0.2) is 13.6 Å². The predicted octanol–water partition coefficient (Wildman–Crippen LogP) is 2.83. The number of rotatable bonds is 5. The zero-order chi connectivity index (χ0) is 14.0. The minimum Gasteiger partial charge on any atom is -0.462 e. The van der Waals surface area contributed by atoms with Gasteiger partial charge in [-0.1, -0.05) is 12.8 Å². The molecule has 0 bridgehead atoms. The second kappa shape index (κ2) is 5.29. The van der Waals surface area contributed by atoms with E-state index >= 15 is 0 Å². The van der Waals surface area contributed by atoms with E-state index < -0.39 is 33.8 Å². The van der Waals surface area contributed by atoms with E-state index in [0.717, 1.165) is 12.8 Å². The molecular formula is C12H11F2NO4. The van der Waals surface area contributed by atoms with Gasteiger partial charge in [0.2, 0.25) is 0 Å². The number of nitro benzene ring substituents is 1. The second-order valence-corrected chi connectivity index (χ2v) is 4.41. The molecule has 0 saturated heterocycles. The van der Waals surface area contributed by atoms with E-state index in [2.05, 4.69) is 0 Å². The molecule has 0 radical (unpaired) electrons. The van der Waals surface area contributed by atoms with Gasteiger partial charge in [-0.3, -0.25) is 10.1 Å². The molecule has 1 aromatic rings. The summed E-state index contributed by atoms with van der Waals surface area (Å²) in [6, 6.07) is 0.875. The fraction of sp³-hybridized carbons (Fsp3) is 0.417. The highest BCUT2D eigenvalue weighted by atomic mass is 19.2. The zero-order valence-electron chi connectivity index (χ0n) is 9.90. The molecule has 102 valence electrons. The van der Waals surface area contributed by atoms with Crippen LogP contribution in [0.25, 0.3) is 0 Å². The first-order valence-electron chi connectivity index (χ1n) is 5.79. The van der Waals surface area contributed by atoms with Crippen LogP contribution in [0.2, 0.25) is 0 Å². The molecule has 0 heterocycles. The molecule has 1 aliphatic carbocycles. The standard InChI is InChI=1S/C12H11F2NO4/c13-9-5-8(11(15(17)18)6-10(9)14)12(16)19-4-3-7-1-2-7/h5-7H,1-4H2. The molecule has 5 nitrogen and oxygen atoms in total. The van der Waals surface area contributed by atoms with Crippen LogP contribution in [0.1, 0.15) is 29.6 Å². The van der Waals surface area contributed by atoms with Crippen molar-refractivity contribution in [2.45, 2.75) is 19.3 Å². The monoisotopic (exact) mass is 271 g/mol. The largest absolute Gasteiger partial charge is 0.462 e. The average molecular weight is 271 g/mol. The lowest BCUT2D eigenvalue weighted by molar-refractivity contribution is -0.385. The molecule has 0 amide bonds. The maximum absolute atomic E-state index is 13.0. The van der Waals surface area contributed by atoms with Crippen molar-refractivity contribution >= 4 is 11.7 Å². The lowest BCUT2D eigenvalue weighted by atomic mass is 10.1. The van der Waals surface area contributed by atoms with Crippen molar-refractivity contribution in [2.24, 2.45) is 5.92 Å². The Kier molecular flexibility index (Phi) is 3.73. The first-order valence-corrected chi connectivity index (χ1v) is 5.79. The maximum atomic E-state index is 13.0. The molecule has 1 fully saturated rings. The van der Waals surface area contributed by atoms with Crippen molar-refractivity contribution in [3.8, 4) is 0 Å². The Balaban J connectivity index is 2.13. The van der Waals surface area contributed by atoms with Crippen molar-refractivity contribution in [2.75, 3.05) is 6.61 Å². The number of hydrogen-bond donors (Lipinski definition) is 0. The summed E-state index contributed by atoms with van der Waals surface area (Å²) in [6.07, 6.45) is 2.86. The number of nitrogens with zero attached hydrogens (tertiary/aromatic N) is 1. The molecular weight excluding hydrogens is 260 g/mol. The summed E-state index contributed by atoms with van der Waals surface area (Å²) in [7, 11) is 0. The van der Waals surface area contributed by atoms with Crippen molar-refractivity contribution in [1.29, 1.82) is 0 Å². The average Bonchev–Trinajstić information content (AvgIpc) is 3.15. The Labute approximate surface area is 107 Å². The van der Waals surface area contributed by atoms with Crippen LogP contribution in [0.3, 0.4) is 0 Å². The van der Waals surface area contributed by atoms with E-state index in [-0.39, 0.29) is 6.61 Å². The first kappa shape index (κ1) is 13.4.